The highest BCUT2D eigenvalue weighted by Gasteiger charge is 2.29. The van der Waals surface area contributed by atoms with Crippen molar-refractivity contribution in [1.82, 2.24) is 24.8 Å². The van der Waals surface area contributed by atoms with Crippen molar-refractivity contribution in [2.45, 2.75) is 45.8 Å². The number of anilines is 1. The van der Waals surface area contributed by atoms with Crippen LogP contribution in [0.4, 0.5) is 10.5 Å². The summed E-state index contributed by atoms with van der Waals surface area (Å²) in [6, 6.07) is 10.1. The molecule has 37 heavy (non-hydrogen) atoms. The van der Waals surface area contributed by atoms with E-state index in [1.807, 2.05) is 52.1 Å². The molecule has 0 spiro atoms. The van der Waals surface area contributed by atoms with Crippen LogP contribution in [0.5, 0.6) is 5.88 Å². The van der Waals surface area contributed by atoms with E-state index in [-0.39, 0.29) is 24.0 Å². The van der Waals surface area contributed by atoms with Crippen LogP contribution < -0.4 is 15.0 Å². The Morgan fingerprint density at radius 3 is 2.49 bits per heavy atom. The van der Waals surface area contributed by atoms with Crippen LogP contribution in [0.15, 0.2) is 42.7 Å². The number of hydrogen-bond acceptors (Lipinski definition) is 7. The van der Waals surface area contributed by atoms with Crippen LogP contribution in [-0.2, 0) is 9.53 Å². The Morgan fingerprint density at radius 1 is 1.11 bits per heavy atom. The molecule has 2 aromatic heterocycles. The van der Waals surface area contributed by atoms with Crippen molar-refractivity contribution in [2.24, 2.45) is 5.92 Å². The average molecular weight is 507 g/mol. The minimum absolute atomic E-state index is 0.0583. The van der Waals surface area contributed by atoms with Gasteiger partial charge < -0.3 is 24.6 Å². The fraction of sp³-hybridized carbons (Fsp3) is 0.481. The summed E-state index contributed by atoms with van der Waals surface area (Å²) in [5.74, 6) is 0.670. The van der Waals surface area contributed by atoms with E-state index in [0.29, 0.717) is 31.9 Å². The van der Waals surface area contributed by atoms with Gasteiger partial charge in [-0.1, -0.05) is 12.1 Å². The molecular weight excluding hydrogens is 472 g/mol. The molecule has 1 aromatic carbocycles. The second-order valence-corrected chi connectivity index (χ2v) is 10.7. The van der Waals surface area contributed by atoms with Gasteiger partial charge in [0, 0.05) is 56.3 Å². The summed E-state index contributed by atoms with van der Waals surface area (Å²) in [5.41, 5.74) is 3.08. The van der Waals surface area contributed by atoms with Crippen LogP contribution in [0.3, 0.4) is 0 Å². The zero-order valence-corrected chi connectivity index (χ0v) is 21.8. The first-order valence-corrected chi connectivity index (χ1v) is 12.8. The molecule has 10 heteroatoms. The minimum atomic E-state index is -0.493. The van der Waals surface area contributed by atoms with Gasteiger partial charge in [0.15, 0.2) is 0 Å². The average Bonchev–Trinajstić information content (AvgIpc) is 3.52. The van der Waals surface area contributed by atoms with Gasteiger partial charge in [0.25, 0.3) is 0 Å². The van der Waals surface area contributed by atoms with Crippen molar-refractivity contribution in [1.29, 1.82) is 0 Å². The van der Waals surface area contributed by atoms with E-state index in [1.165, 1.54) is 0 Å². The molecule has 5 rings (SSSR count). The molecule has 0 unspecified atom stereocenters. The van der Waals surface area contributed by atoms with Gasteiger partial charge >= 0.3 is 6.09 Å². The van der Waals surface area contributed by atoms with Gasteiger partial charge in [0.1, 0.15) is 17.2 Å². The maximum atomic E-state index is 12.4. The number of ether oxygens (including phenoxy) is 2. The van der Waals surface area contributed by atoms with Crippen LogP contribution in [0.2, 0.25) is 0 Å². The first-order valence-electron chi connectivity index (χ1n) is 12.8. The highest BCUT2D eigenvalue weighted by Crippen LogP contribution is 2.28. The third-order valence-electron chi connectivity index (χ3n) is 6.79. The summed E-state index contributed by atoms with van der Waals surface area (Å²) >= 11 is 0. The number of nitrogens with zero attached hydrogens (tertiary/aromatic N) is 5. The topological polar surface area (TPSA) is 101 Å². The first-order chi connectivity index (χ1) is 17.7. The highest BCUT2D eigenvalue weighted by molar-refractivity contribution is 5.78. The summed E-state index contributed by atoms with van der Waals surface area (Å²) in [7, 11) is 0. The Labute approximate surface area is 216 Å². The van der Waals surface area contributed by atoms with E-state index in [2.05, 4.69) is 27.4 Å². The number of amides is 2. The lowest BCUT2D eigenvalue weighted by atomic mass is 10.0. The second-order valence-electron chi connectivity index (χ2n) is 10.7. The zero-order chi connectivity index (χ0) is 26.2. The van der Waals surface area contributed by atoms with E-state index in [1.54, 1.807) is 15.6 Å². The fourth-order valence-electron chi connectivity index (χ4n) is 4.67. The Hall–Kier alpha value is -3.82. The van der Waals surface area contributed by atoms with Crippen LogP contribution >= 0.6 is 0 Å². The van der Waals surface area contributed by atoms with Gasteiger partial charge in [-0.25, -0.2) is 14.3 Å². The third-order valence-corrected chi connectivity index (χ3v) is 6.79. The van der Waals surface area contributed by atoms with Crippen LogP contribution in [0.1, 0.15) is 34.1 Å². The summed E-state index contributed by atoms with van der Waals surface area (Å²) < 4.78 is 13.5. The van der Waals surface area contributed by atoms with E-state index in [9.17, 15) is 9.59 Å². The summed E-state index contributed by atoms with van der Waals surface area (Å²) in [4.78, 5) is 32.8. The number of piperazine rings is 1. The van der Waals surface area contributed by atoms with Gasteiger partial charge in [-0.05, 0) is 45.9 Å². The molecule has 2 atom stereocenters. The van der Waals surface area contributed by atoms with Gasteiger partial charge in [-0.3, -0.25) is 4.79 Å². The van der Waals surface area contributed by atoms with Gasteiger partial charge in [0.2, 0.25) is 11.8 Å². The third kappa shape index (κ3) is 5.63. The number of hydrogen-bond donors (Lipinski definition) is 1. The molecule has 0 bridgehead atoms. The number of aromatic nitrogens is 3. The number of carbonyl (C=O) groups excluding carboxylic acids is 2. The van der Waals surface area contributed by atoms with Gasteiger partial charge in [0.05, 0.1) is 18.1 Å². The maximum Gasteiger partial charge on any atom is 0.410 e. The molecule has 0 aliphatic carbocycles. The molecule has 4 heterocycles. The van der Waals surface area contributed by atoms with Crippen molar-refractivity contribution >= 4 is 23.2 Å². The minimum Gasteiger partial charge on any atom is -0.473 e. The monoisotopic (exact) mass is 506 g/mol. The summed E-state index contributed by atoms with van der Waals surface area (Å²) in [6.45, 7) is 11.0. The number of benzene rings is 1. The molecule has 2 amide bonds. The molecular formula is C27H34N6O4. The van der Waals surface area contributed by atoms with Crippen molar-refractivity contribution in [3.05, 3.63) is 42.7 Å². The highest BCUT2D eigenvalue weighted by atomic mass is 16.6. The van der Waals surface area contributed by atoms with Gasteiger partial charge in [-0.15, -0.1) is 0 Å². The molecule has 2 fully saturated rings. The summed E-state index contributed by atoms with van der Waals surface area (Å²) in [6.07, 6.45) is 3.65. The standard InChI is InChI=1S/C27H34N6O4/c1-18(20-15-24(34)28-16-20)36-25-23-9-10-29-33(23)17-22(30-25)19-5-7-21(8-6-19)31-11-13-32(14-12-31)26(35)37-27(2,3)4/h5-10,17-18,20H,11-16H2,1-4H3,(H,28,34)/t18-,20-/m1/s1. The fourth-order valence-corrected chi connectivity index (χ4v) is 4.67. The molecule has 2 aliphatic rings. The number of fused-ring (bicyclic) bond motifs is 1. The number of nitrogens with one attached hydrogen (secondary N) is 1. The normalized spacial score (nSPS) is 19.1. The Balaban J connectivity index is 1.28. The predicted molar refractivity (Wildman–Crippen MR) is 140 cm³/mol. The molecule has 2 saturated heterocycles. The first kappa shape index (κ1) is 24.9. The molecule has 2 aliphatic heterocycles. The largest absolute Gasteiger partial charge is 0.473 e. The smallest absolute Gasteiger partial charge is 0.410 e. The van der Waals surface area contributed by atoms with Crippen molar-refractivity contribution in [2.75, 3.05) is 37.6 Å². The molecule has 3 aromatic rings. The maximum absolute atomic E-state index is 12.4. The van der Waals surface area contributed by atoms with E-state index >= 15 is 0 Å². The summed E-state index contributed by atoms with van der Waals surface area (Å²) in [5, 5.41) is 7.26. The molecule has 0 saturated carbocycles. The van der Waals surface area contributed by atoms with E-state index in [4.69, 9.17) is 14.5 Å². The molecule has 0 radical (unpaired) electrons. The molecule has 196 valence electrons. The van der Waals surface area contributed by atoms with Crippen molar-refractivity contribution in [3.8, 4) is 17.1 Å². The SMILES string of the molecule is C[C@@H](Oc1nc(-c2ccc(N3CCN(C(=O)OC(C)(C)C)CC3)cc2)cn2nccc12)[C@H]1CNC(=O)C1. The molecule has 1 N–H and O–H groups in total. The van der Waals surface area contributed by atoms with E-state index < -0.39 is 5.60 Å². The van der Waals surface area contributed by atoms with Crippen LogP contribution in [-0.4, -0.2) is 75.9 Å². The zero-order valence-electron chi connectivity index (χ0n) is 21.8. The Kier molecular flexibility index (Phi) is 6.66. The predicted octanol–water partition coefficient (Wildman–Crippen LogP) is 3.36. The molecule has 10 nitrogen and oxygen atoms in total. The lowest BCUT2D eigenvalue weighted by molar-refractivity contribution is -0.119. The van der Waals surface area contributed by atoms with Crippen molar-refractivity contribution in [3.63, 3.8) is 0 Å². The van der Waals surface area contributed by atoms with Crippen LogP contribution in [0.25, 0.3) is 16.8 Å². The van der Waals surface area contributed by atoms with E-state index in [0.717, 1.165) is 35.6 Å². The Morgan fingerprint density at radius 2 is 1.84 bits per heavy atom. The lowest BCUT2D eigenvalue weighted by Crippen LogP contribution is -2.50. The van der Waals surface area contributed by atoms with Crippen molar-refractivity contribution < 1.29 is 19.1 Å². The lowest BCUT2D eigenvalue weighted by Gasteiger charge is -2.36. The number of rotatable bonds is 5. The van der Waals surface area contributed by atoms with Gasteiger partial charge in [-0.2, -0.15) is 5.10 Å². The number of carbonyl (C=O) groups is 2. The van der Waals surface area contributed by atoms with Crippen LogP contribution in [0, 0.1) is 5.92 Å². The Bertz CT molecular complexity index is 1270. The quantitative estimate of drug-likeness (QED) is 0.566. The second kappa shape index (κ2) is 9.91.